The predicted molar refractivity (Wildman–Crippen MR) is 94.1 cm³/mol. The van der Waals surface area contributed by atoms with Crippen LogP contribution in [-0.4, -0.2) is 28.0 Å². The van der Waals surface area contributed by atoms with Crippen molar-refractivity contribution in [1.29, 1.82) is 0 Å². The number of amides is 3. The van der Waals surface area contributed by atoms with Crippen LogP contribution in [-0.2, 0) is 4.79 Å². The summed E-state index contributed by atoms with van der Waals surface area (Å²) in [5, 5.41) is 3.31. The average molecular weight is 344 g/mol. The maximum Gasteiger partial charge on any atom is 0.328 e. The van der Waals surface area contributed by atoms with Crippen LogP contribution in [0.15, 0.2) is 36.0 Å². The van der Waals surface area contributed by atoms with Gasteiger partial charge in [-0.2, -0.15) is 0 Å². The van der Waals surface area contributed by atoms with Crippen LogP contribution in [0.1, 0.15) is 23.9 Å². The number of aryl methyl sites for hydroxylation is 1. The zero-order chi connectivity index (χ0) is 17.4. The van der Waals surface area contributed by atoms with E-state index in [1.165, 1.54) is 4.90 Å². The largest absolute Gasteiger partial charge is 0.328 e. The molecule has 0 aliphatic carbocycles. The SMILES string of the molecule is CCN1C(=O)N/C(=C\c2cc(C)n(-c3ccc(Cl)cc3)c2C)C1=O. The second kappa shape index (κ2) is 6.17. The van der Waals surface area contributed by atoms with Crippen LogP contribution < -0.4 is 5.32 Å². The van der Waals surface area contributed by atoms with Crippen molar-refractivity contribution in [3.8, 4) is 5.69 Å². The molecule has 2 aromatic rings. The molecule has 0 radical (unpaired) electrons. The molecule has 1 aliphatic rings. The van der Waals surface area contributed by atoms with Crippen LogP contribution in [0.25, 0.3) is 11.8 Å². The number of benzene rings is 1. The third-order valence-electron chi connectivity index (χ3n) is 4.13. The van der Waals surface area contributed by atoms with Crippen LogP contribution in [0, 0.1) is 13.8 Å². The molecular formula is C18H18ClN3O2. The minimum absolute atomic E-state index is 0.293. The topological polar surface area (TPSA) is 54.3 Å². The second-order valence-electron chi connectivity index (χ2n) is 5.68. The molecule has 5 nitrogen and oxygen atoms in total. The summed E-state index contributed by atoms with van der Waals surface area (Å²) in [6, 6.07) is 9.19. The number of aromatic nitrogens is 1. The lowest BCUT2D eigenvalue weighted by Crippen LogP contribution is -2.30. The van der Waals surface area contributed by atoms with E-state index in [1.807, 2.05) is 44.2 Å². The number of halogens is 1. The maximum absolute atomic E-state index is 12.2. The standard InChI is InChI=1S/C18H18ClN3O2/c1-4-21-17(23)16(20-18(21)24)10-13-9-11(2)22(12(13)3)15-7-5-14(19)6-8-15/h5-10H,4H2,1-3H3,(H,20,24)/b16-10-. The molecular weight excluding hydrogens is 326 g/mol. The third-order valence-corrected chi connectivity index (χ3v) is 4.39. The number of likely N-dealkylation sites (N-methyl/N-ethyl adjacent to an activating group) is 1. The van der Waals surface area contributed by atoms with Gasteiger partial charge >= 0.3 is 6.03 Å². The smallest absolute Gasteiger partial charge is 0.318 e. The molecule has 1 saturated heterocycles. The number of imide groups is 1. The molecule has 3 amide bonds. The van der Waals surface area contributed by atoms with E-state index in [0.717, 1.165) is 22.6 Å². The average Bonchev–Trinajstić information content (AvgIpc) is 2.97. The molecule has 24 heavy (non-hydrogen) atoms. The molecule has 1 N–H and O–H groups in total. The summed E-state index contributed by atoms with van der Waals surface area (Å²) in [7, 11) is 0. The Kier molecular flexibility index (Phi) is 4.20. The van der Waals surface area contributed by atoms with E-state index < -0.39 is 0 Å². The Morgan fingerprint density at radius 3 is 2.42 bits per heavy atom. The molecule has 0 spiro atoms. The second-order valence-corrected chi connectivity index (χ2v) is 6.11. The first-order valence-corrected chi connectivity index (χ1v) is 8.09. The van der Waals surface area contributed by atoms with Crippen LogP contribution >= 0.6 is 11.6 Å². The molecule has 1 aromatic heterocycles. The monoisotopic (exact) mass is 343 g/mol. The van der Waals surface area contributed by atoms with E-state index >= 15 is 0 Å². The minimum atomic E-state index is -0.375. The molecule has 0 unspecified atom stereocenters. The number of nitrogens with one attached hydrogen (secondary N) is 1. The van der Waals surface area contributed by atoms with Gasteiger partial charge in [0.05, 0.1) is 0 Å². The fraction of sp³-hybridized carbons (Fsp3) is 0.222. The Morgan fingerprint density at radius 1 is 1.17 bits per heavy atom. The van der Waals surface area contributed by atoms with E-state index in [2.05, 4.69) is 9.88 Å². The van der Waals surface area contributed by atoms with Gasteiger partial charge in [0.2, 0.25) is 0 Å². The first kappa shape index (κ1) is 16.3. The van der Waals surface area contributed by atoms with E-state index in [0.29, 0.717) is 17.3 Å². The molecule has 0 atom stereocenters. The van der Waals surface area contributed by atoms with Crippen LogP contribution in [0.5, 0.6) is 0 Å². The summed E-state index contributed by atoms with van der Waals surface area (Å²) in [5.41, 5.74) is 4.21. The van der Waals surface area contributed by atoms with Crippen molar-refractivity contribution in [2.45, 2.75) is 20.8 Å². The van der Waals surface area contributed by atoms with E-state index in [9.17, 15) is 9.59 Å². The lowest BCUT2D eigenvalue weighted by molar-refractivity contribution is -0.122. The van der Waals surface area contributed by atoms with Crippen molar-refractivity contribution >= 4 is 29.6 Å². The summed E-state index contributed by atoms with van der Waals surface area (Å²) in [6.07, 6.45) is 1.73. The van der Waals surface area contributed by atoms with Gasteiger partial charge in [-0.1, -0.05) is 11.6 Å². The van der Waals surface area contributed by atoms with Gasteiger partial charge in [0.1, 0.15) is 5.70 Å². The Bertz CT molecular complexity index is 850. The quantitative estimate of drug-likeness (QED) is 0.683. The molecule has 0 bridgehead atoms. The molecule has 1 fully saturated rings. The van der Waals surface area contributed by atoms with Gasteiger partial charge in [-0.05, 0) is 62.7 Å². The van der Waals surface area contributed by atoms with Crippen LogP contribution in [0.2, 0.25) is 5.02 Å². The fourth-order valence-electron chi connectivity index (χ4n) is 2.94. The molecule has 1 aliphatic heterocycles. The number of hydrogen-bond acceptors (Lipinski definition) is 2. The summed E-state index contributed by atoms with van der Waals surface area (Å²) >= 11 is 5.95. The summed E-state index contributed by atoms with van der Waals surface area (Å²) in [5.74, 6) is -0.293. The first-order valence-electron chi connectivity index (χ1n) is 7.71. The Balaban J connectivity index is 2.01. The van der Waals surface area contributed by atoms with Crippen molar-refractivity contribution in [2.75, 3.05) is 6.54 Å². The van der Waals surface area contributed by atoms with Crippen molar-refractivity contribution in [2.24, 2.45) is 0 Å². The number of nitrogens with zero attached hydrogens (tertiary/aromatic N) is 2. The van der Waals surface area contributed by atoms with Gasteiger partial charge < -0.3 is 9.88 Å². The third kappa shape index (κ3) is 2.71. The van der Waals surface area contributed by atoms with Gasteiger partial charge in [0, 0.05) is 28.6 Å². The molecule has 3 rings (SSSR count). The lowest BCUT2D eigenvalue weighted by Gasteiger charge is -2.09. The fourth-order valence-corrected chi connectivity index (χ4v) is 3.06. The summed E-state index contributed by atoms with van der Waals surface area (Å²) < 4.78 is 2.08. The predicted octanol–water partition coefficient (Wildman–Crippen LogP) is 3.66. The van der Waals surface area contributed by atoms with Gasteiger partial charge in [-0.3, -0.25) is 9.69 Å². The van der Waals surface area contributed by atoms with Crippen molar-refractivity contribution in [3.63, 3.8) is 0 Å². The molecule has 2 heterocycles. The molecule has 1 aromatic carbocycles. The number of hydrogen-bond donors (Lipinski definition) is 1. The Labute approximate surface area is 145 Å². The highest BCUT2D eigenvalue weighted by Crippen LogP contribution is 2.24. The van der Waals surface area contributed by atoms with Crippen LogP contribution in [0.3, 0.4) is 0 Å². The van der Waals surface area contributed by atoms with Gasteiger partial charge in [0.15, 0.2) is 0 Å². The number of urea groups is 1. The summed E-state index contributed by atoms with van der Waals surface area (Å²) in [4.78, 5) is 25.2. The van der Waals surface area contributed by atoms with Gasteiger partial charge in [-0.15, -0.1) is 0 Å². The van der Waals surface area contributed by atoms with Crippen LogP contribution in [0.4, 0.5) is 4.79 Å². The minimum Gasteiger partial charge on any atom is -0.318 e. The van der Waals surface area contributed by atoms with Gasteiger partial charge in [-0.25, -0.2) is 4.79 Å². The Hall–Kier alpha value is -2.53. The highest BCUT2D eigenvalue weighted by molar-refractivity contribution is 6.30. The highest BCUT2D eigenvalue weighted by atomic mass is 35.5. The zero-order valence-electron chi connectivity index (χ0n) is 13.8. The summed E-state index contributed by atoms with van der Waals surface area (Å²) in [6.45, 7) is 6.10. The number of rotatable bonds is 3. The van der Waals surface area contributed by atoms with Crippen molar-refractivity contribution in [3.05, 3.63) is 58.0 Å². The zero-order valence-corrected chi connectivity index (χ0v) is 14.5. The van der Waals surface area contributed by atoms with E-state index in [4.69, 9.17) is 11.6 Å². The number of carbonyl (C=O) groups is 2. The lowest BCUT2D eigenvalue weighted by atomic mass is 10.2. The van der Waals surface area contributed by atoms with Gasteiger partial charge in [0.25, 0.3) is 5.91 Å². The number of carbonyl (C=O) groups excluding carboxylic acids is 2. The highest BCUT2D eigenvalue weighted by Gasteiger charge is 2.32. The first-order chi connectivity index (χ1) is 11.4. The van der Waals surface area contributed by atoms with E-state index in [-0.39, 0.29) is 11.9 Å². The van der Waals surface area contributed by atoms with Crippen molar-refractivity contribution in [1.82, 2.24) is 14.8 Å². The molecule has 0 saturated carbocycles. The van der Waals surface area contributed by atoms with Crippen molar-refractivity contribution < 1.29 is 9.59 Å². The van der Waals surface area contributed by atoms with E-state index in [1.54, 1.807) is 13.0 Å². The Morgan fingerprint density at radius 2 is 1.83 bits per heavy atom. The molecule has 124 valence electrons. The maximum atomic E-state index is 12.2. The molecule has 6 heteroatoms. The normalized spacial score (nSPS) is 16.2.